The molecule has 4 aromatic rings. The van der Waals surface area contributed by atoms with Crippen molar-refractivity contribution in [2.24, 2.45) is 0 Å². The summed E-state index contributed by atoms with van der Waals surface area (Å²) in [6, 6.07) is 12.6. The van der Waals surface area contributed by atoms with Gasteiger partial charge in [0.05, 0.1) is 35.0 Å². The first kappa shape index (κ1) is 22.2. The lowest BCUT2D eigenvalue weighted by molar-refractivity contribution is -0.136. The fourth-order valence-corrected chi connectivity index (χ4v) is 3.14. The fraction of sp³-hybridized carbons (Fsp3) is 0.0455. The molecule has 2 aromatic heterocycles. The van der Waals surface area contributed by atoms with Gasteiger partial charge in [0, 0.05) is 16.9 Å². The van der Waals surface area contributed by atoms with E-state index in [9.17, 15) is 22.8 Å². The molecule has 0 aliphatic rings. The number of benzene rings is 2. The summed E-state index contributed by atoms with van der Waals surface area (Å²) in [5.41, 5.74) is -1.10. The van der Waals surface area contributed by atoms with Crippen LogP contribution in [0.1, 0.15) is 26.5 Å². The van der Waals surface area contributed by atoms with Gasteiger partial charge in [0.2, 0.25) is 0 Å². The van der Waals surface area contributed by atoms with Crippen molar-refractivity contribution < 1.29 is 27.2 Å². The molecule has 7 nitrogen and oxygen atoms in total. The van der Waals surface area contributed by atoms with Gasteiger partial charge in [0.25, 0.3) is 11.8 Å². The third-order valence-corrected chi connectivity index (χ3v) is 4.73. The van der Waals surface area contributed by atoms with Crippen LogP contribution >= 0.6 is 11.6 Å². The SMILES string of the molecule is O=C(Nc1ccc(NC(=O)c2ccco2)cc1C(F)(F)F)c1cnn(-c2cccc(Cl)c2)c1. The maximum Gasteiger partial charge on any atom is 0.418 e. The predicted octanol–water partition coefficient (Wildman–Crippen LogP) is 5.64. The second-order valence-corrected chi connectivity index (χ2v) is 7.23. The highest BCUT2D eigenvalue weighted by Crippen LogP contribution is 2.37. The minimum atomic E-state index is -4.79. The standard InChI is InChI=1S/C22H14ClF3N4O3/c23-14-3-1-4-16(9-14)30-12-13(11-27-30)20(31)29-18-7-6-15(10-17(18)22(24,25)26)28-21(32)19-5-2-8-33-19/h1-12H,(H,28,32)(H,29,31). The Bertz CT molecular complexity index is 1320. The molecule has 2 heterocycles. The molecule has 2 amide bonds. The van der Waals surface area contributed by atoms with Crippen molar-refractivity contribution in [3.05, 3.63) is 95.2 Å². The Labute approximate surface area is 189 Å². The maximum absolute atomic E-state index is 13.6. The number of anilines is 2. The van der Waals surface area contributed by atoms with E-state index in [1.54, 1.807) is 24.3 Å². The third kappa shape index (κ3) is 5.07. The number of hydrogen-bond acceptors (Lipinski definition) is 4. The molecule has 11 heteroatoms. The van der Waals surface area contributed by atoms with Gasteiger partial charge >= 0.3 is 6.18 Å². The summed E-state index contributed by atoms with van der Waals surface area (Å²) in [6.45, 7) is 0. The number of furan rings is 1. The Morgan fingerprint density at radius 2 is 1.82 bits per heavy atom. The molecule has 0 bridgehead atoms. The van der Waals surface area contributed by atoms with E-state index in [4.69, 9.17) is 16.0 Å². The topological polar surface area (TPSA) is 89.2 Å². The number of alkyl halides is 3. The van der Waals surface area contributed by atoms with Crippen LogP contribution in [0.15, 0.2) is 77.7 Å². The summed E-state index contributed by atoms with van der Waals surface area (Å²) in [6.07, 6.45) is -0.935. The van der Waals surface area contributed by atoms with Crippen LogP contribution in [0.25, 0.3) is 5.69 Å². The van der Waals surface area contributed by atoms with Crippen LogP contribution in [0.3, 0.4) is 0 Å². The van der Waals surface area contributed by atoms with Crippen molar-refractivity contribution in [2.45, 2.75) is 6.18 Å². The highest BCUT2D eigenvalue weighted by molar-refractivity contribution is 6.30. The highest BCUT2D eigenvalue weighted by Gasteiger charge is 2.34. The highest BCUT2D eigenvalue weighted by atomic mass is 35.5. The normalized spacial score (nSPS) is 11.3. The molecule has 168 valence electrons. The van der Waals surface area contributed by atoms with Crippen LogP contribution in [0.2, 0.25) is 5.02 Å². The van der Waals surface area contributed by atoms with Crippen molar-refractivity contribution in [1.82, 2.24) is 9.78 Å². The zero-order valence-corrected chi connectivity index (χ0v) is 17.3. The molecule has 4 rings (SSSR count). The molecule has 0 aliphatic carbocycles. The first-order valence-electron chi connectivity index (χ1n) is 9.39. The average Bonchev–Trinajstić information content (AvgIpc) is 3.46. The van der Waals surface area contributed by atoms with Crippen LogP contribution in [-0.4, -0.2) is 21.6 Å². The number of hydrogen-bond donors (Lipinski definition) is 2. The number of rotatable bonds is 5. The summed E-state index contributed by atoms with van der Waals surface area (Å²) in [4.78, 5) is 24.6. The van der Waals surface area contributed by atoms with Gasteiger partial charge in [-0.05, 0) is 48.5 Å². The molecule has 33 heavy (non-hydrogen) atoms. The summed E-state index contributed by atoms with van der Waals surface area (Å²) >= 11 is 5.95. The molecular weight excluding hydrogens is 461 g/mol. The molecule has 2 N–H and O–H groups in total. The van der Waals surface area contributed by atoms with Crippen molar-refractivity contribution in [3.8, 4) is 5.69 Å². The minimum absolute atomic E-state index is 0.0401. The third-order valence-electron chi connectivity index (χ3n) is 4.49. The first-order valence-corrected chi connectivity index (χ1v) is 9.76. The minimum Gasteiger partial charge on any atom is -0.459 e. The second kappa shape index (κ2) is 8.83. The van der Waals surface area contributed by atoms with E-state index in [-0.39, 0.29) is 17.0 Å². The molecule has 0 unspecified atom stereocenters. The van der Waals surface area contributed by atoms with E-state index < -0.39 is 29.2 Å². The van der Waals surface area contributed by atoms with Gasteiger partial charge in [-0.15, -0.1) is 0 Å². The number of nitrogens with zero attached hydrogens (tertiary/aromatic N) is 2. The van der Waals surface area contributed by atoms with E-state index in [1.807, 2.05) is 0 Å². The lowest BCUT2D eigenvalue weighted by Crippen LogP contribution is -2.17. The van der Waals surface area contributed by atoms with Crippen molar-refractivity contribution >= 4 is 34.8 Å². The Morgan fingerprint density at radius 3 is 2.52 bits per heavy atom. The Morgan fingerprint density at radius 1 is 1.00 bits per heavy atom. The molecule has 0 aliphatic heterocycles. The van der Waals surface area contributed by atoms with E-state index in [0.717, 1.165) is 12.1 Å². The molecule has 0 saturated heterocycles. The lowest BCUT2D eigenvalue weighted by atomic mass is 10.1. The van der Waals surface area contributed by atoms with Gasteiger partial charge in [-0.1, -0.05) is 17.7 Å². The molecular formula is C22H14ClF3N4O3. The fourth-order valence-electron chi connectivity index (χ4n) is 2.96. The number of nitrogens with one attached hydrogen (secondary N) is 2. The van der Waals surface area contributed by atoms with Gasteiger partial charge in [-0.3, -0.25) is 9.59 Å². The lowest BCUT2D eigenvalue weighted by Gasteiger charge is -2.15. The van der Waals surface area contributed by atoms with E-state index in [0.29, 0.717) is 10.7 Å². The van der Waals surface area contributed by atoms with Crippen LogP contribution in [0.4, 0.5) is 24.5 Å². The number of aromatic nitrogens is 2. The monoisotopic (exact) mass is 474 g/mol. The zero-order chi connectivity index (χ0) is 23.6. The number of carbonyl (C=O) groups is 2. The first-order chi connectivity index (χ1) is 15.7. The Balaban J connectivity index is 1.56. The molecule has 2 aromatic carbocycles. The number of amides is 2. The van der Waals surface area contributed by atoms with Crippen LogP contribution < -0.4 is 10.6 Å². The maximum atomic E-state index is 13.6. The Kier molecular flexibility index (Phi) is 5.93. The number of carbonyl (C=O) groups excluding carboxylic acids is 2. The van der Waals surface area contributed by atoms with Crippen LogP contribution in [0, 0.1) is 0 Å². The van der Waals surface area contributed by atoms with Gasteiger partial charge < -0.3 is 15.1 Å². The van der Waals surface area contributed by atoms with Crippen LogP contribution in [0.5, 0.6) is 0 Å². The van der Waals surface area contributed by atoms with Crippen molar-refractivity contribution in [2.75, 3.05) is 10.6 Å². The average molecular weight is 475 g/mol. The smallest absolute Gasteiger partial charge is 0.418 e. The van der Waals surface area contributed by atoms with E-state index >= 15 is 0 Å². The summed E-state index contributed by atoms with van der Waals surface area (Å²) in [5.74, 6) is -1.56. The molecule has 0 radical (unpaired) electrons. The quantitative estimate of drug-likeness (QED) is 0.391. The van der Waals surface area contributed by atoms with Crippen molar-refractivity contribution in [1.29, 1.82) is 0 Å². The Hall–Kier alpha value is -4.05. The van der Waals surface area contributed by atoms with Gasteiger partial charge in [0.1, 0.15) is 0 Å². The summed E-state index contributed by atoms with van der Waals surface area (Å²) in [5, 5.41) is 9.09. The van der Waals surface area contributed by atoms with E-state index in [1.165, 1.54) is 41.5 Å². The van der Waals surface area contributed by atoms with Gasteiger partial charge in [-0.25, -0.2) is 4.68 Å². The molecule has 0 atom stereocenters. The largest absolute Gasteiger partial charge is 0.459 e. The van der Waals surface area contributed by atoms with Crippen molar-refractivity contribution in [3.63, 3.8) is 0 Å². The zero-order valence-electron chi connectivity index (χ0n) is 16.6. The predicted molar refractivity (Wildman–Crippen MR) is 115 cm³/mol. The second-order valence-electron chi connectivity index (χ2n) is 6.80. The molecule has 0 fully saturated rings. The molecule has 0 saturated carbocycles. The summed E-state index contributed by atoms with van der Waals surface area (Å²) < 4.78 is 47.2. The molecule has 0 spiro atoms. The van der Waals surface area contributed by atoms with Gasteiger partial charge in [0.15, 0.2) is 5.76 Å². The van der Waals surface area contributed by atoms with Crippen LogP contribution in [-0.2, 0) is 6.18 Å². The van der Waals surface area contributed by atoms with Gasteiger partial charge in [-0.2, -0.15) is 18.3 Å². The van der Waals surface area contributed by atoms with E-state index in [2.05, 4.69) is 15.7 Å². The summed E-state index contributed by atoms with van der Waals surface area (Å²) in [7, 11) is 0. The number of halogens is 4.